The second-order valence-corrected chi connectivity index (χ2v) is 11.3. The Hall–Kier alpha value is -5.50. The summed E-state index contributed by atoms with van der Waals surface area (Å²) in [6, 6.07) is 19.4. The van der Waals surface area contributed by atoms with Crippen molar-refractivity contribution < 1.29 is 24.4 Å². The van der Waals surface area contributed by atoms with E-state index in [1.54, 1.807) is 43.4 Å². The predicted molar refractivity (Wildman–Crippen MR) is 169 cm³/mol. The van der Waals surface area contributed by atoms with E-state index < -0.39 is 10.8 Å². The number of phenols is 1. The molecule has 0 saturated heterocycles. The van der Waals surface area contributed by atoms with Crippen molar-refractivity contribution in [3.8, 4) is 17.2 Å². The van der Waals surface area contributed by atoms with Gasteiger partial charge in [0.2, 0.25) is 5.16 Å². The van der Waals surface area contributed by atoms with Crippen LogP contribution in [0.1, 0.15) is 35.3 Å². The maximum atomic E-state index is 13.4. The van der Waals surface area contributed by atoms with Gasteiger partial charge in [0.25, 0.3) is 16.8 Å². The molecule has 0 fully saturated rings. The molecular formula is C31H29N7O6S. The zero-order valence-electron chi connectivity index (χ0n) is 24.8. The van der Waals surface area contributed by atoms with Gasteiger partial charge in [-0.1, -0.05) is 42.5 Å². The summed E-state index contributed by atoms with van der Waals surface area (Å²) in [7, 11) is 1.61. The molecule has 0 aliphatic carbocycles. The molecule has 0 aliphatic rings. The number of nitro groups is 1. The van der Waals surface area contributed by atoms with Gasteiger partial charge < -0.3 is 20.1 Å². The number of carbonyl (C=O) groups excluding carboxylic acids is 2. The number of fused-ring (bicyclic) bond motifs is 1. The Kier molecular flexibility index (Phi) is 8.95. The molecule has 5 aromatic rings. The van der Waals surface area contributed by atoms with Gasteiger partial charge in [0, 0.05) is 59.0 Å². The Balaban J connectivity index is 1.54. The van der Waals surface area contributed by atoms with E-state index in [0.29, 0.717) is 22.0 Å². The van der Waals surface area contributed by atoms with Crippen molar-refractivity contribution in [1.29, 1.82) is 0 Å². The minimum absolute atomic E-state index is 0.0249. The van der Waals surface area contributed by atoms with Crippen molar-refractivity contribution >= 4 is 45.1 Å². The number of tetrazole rings is 1. The molecule has 1 aromatic heterocycles. The monoisotopic (exact) mass is 627 g/mol. The molecule has 1 heterocycles. The van der Waals surface area contributed by atoms with Crippen molar-refractivity contribution in [3.05, 3.63) is 99.6 Å². The number of ether oxygens (including phenoxy) is 1. The number of hydrogen-bond donors (Lipinski definition) is 2. The average Bonchev–Trinajstić information content (AvgIpc) is 3.42. The topological polar surface area (TPSA) is 166 Å². The summed E-state index contributed by atoms with van der Waals surface area (Å²) in [4.78, 5) is 39.4. The van der Waals surface area contributed by atoms with Crippen LogP contribution in [0.2, 0.25) is 0 Å². The molecule has 0 radical (unpaired) electrons. The standard InChI is InChI=1S/C31H29N7O6S/c1-18(2)37(31(41)45-30-33-34-35-36(30)4)17-20-15-21(38(42)43)13-14-26(20)44-27-16-24(28(39)23-11-7-6-10-22(23)27)29(40)32-25-12-8-5-9-19(25)3/h5-16,18,39H,17H2,1-4H3,(H,32,40). The summed E-state index contributed by atoms with van der Waals surface area (Å²) >= 11 is 0.830. The number of aromatic hydroxyl groups is 1. The quantitative estimate of drug-likeness (QED) is 0.105. The zero-order valence-corrected chi connectivity index (χ0v) is 25.6. The van der Waals surface area contributed by atoms with Crippen molar-refractivity contribution in [2.45, 2.75) is 38.5 Å². The molecule has 45 heavy (non-hydrogen) atoms. The molecule has 0 saturated carbocycles. The highest BCUT2D eigenvalue weighted by atomic mass is 32.2. The van der Waals surface area contributed by atoms with Gasteiger partial charge in [-0.15, -0.1) is 5.10 Å². The number of nitrogens with one attached hydrogen (secondary N) is 1. The van der Waals surface area contributed by atoms with Gasteiger partial charge >= 0.3 is 0 Å². The molecule has 0 unspecified atom stereocenters. The number of rotatable bonds is 9. The Bertz CT molecular complexity index is 1930. The Morgan fingerprint density at radius 1 is 1.07 bits per heavy atom. The maximum absolute atomic E-state index is 13.4. The first-order chi connectivity index (χ1) is 21.5. The van der Waals surface area contributed by atoms with Crippen LogP contribution >= 0.6 is 11.8 Å². The zero-order chi connectivity index (χ0) is 32.2. The number of benzene rings is 4. The largest absolute Gasteiger partial charge is 0.506 e. The Labute approximate surface area is 262 Å². The van der Waals surface area contributed by atoms with Crippen molar-refractivity contribution in [2.75, 3.05) is 5.32 Å². The third-order valence-corrected chi connectivity index (χ3v) is 7.99. The summed E-state index contributed by atoms with van der Waals surface area (Å²) in [5, 5.41) is 37.6. The lowest BCUT2D eigenvalue weighted by Gasteiger charge is -2.27. The molecule has 0 aliphatic heterocycles. The summed E-state index contributed by atoms with van der Waals surface area (Å²) in [5.41, 5.74) is 1.57. The maximum Gasteiger partial charge on any atom is 0.290 e. The van der Waals surface area contributed by atoms with E-state index in [2.05, 4.69) is 20.8 Å². The number of thioether (sulfide) groups is 1. The third kappa shape index (κ3) is 6.70. The summed E-state index contributed by atoms with van der Waals surface area (Å²) in [6.45, 7) is 5.45. The first kappa shape index (κ1) is 30.9. The van der Waals surface area contributed by atoms with Crippen LogP contribution in [-0.4, -0.2) is 52.3 Å². The summed E-state index contributed by atoms with van der Waals surface area (Å²) in [6.07, 6.45) is 0. The second-order valence-electron chi connectivity index (χ2n) is 10.4. The minimum Gasteiger partial charge on any atom is -0.506 e. The highest BCUT2D eigenvalue weighted by Gasteiger charge is 2.25. The number of amides is 2. The van der Waals surface area contributed by atoms with E-state index in [0.717, 1.165) is 17.3 Å². The smallest absolute Gasteiger partial charge is 0.290 e. The minimum atomic E-state index is -0.548. The van der Waals surface area contributed by atoms with E-state index in [9.17, 15) is 24.8 Å². The second kappa shape index (κ2) is 13.0. The lowest BCUT2D eigenvalue weighted by Crippen LogP contribution is -2.34. The van der Waals surface area contributed by atoms with Crippen LogP contribution in [0.3, 0.4) is 0 Å². The number of nitrogens with zero attached hydrogens (tertiary/aromatic N) is 6. The molecule has 4 aromatic carbocycles. The highest BCUT2D eigenvalue weighted by molar-refractivity contribution is 8.13. The first-order valence-corrected chi connectivity index (χ1v) is 14.6. The Morgan fingerprint density at radius 3 is 2.44 bits per heavy atom. The van der Waals surface area contributed by atoms with Crippen LogP contribution in [0, 0.1) is 17.0 Å². The molecule has 5 rings (SSSR count). The molecular weight excluding hydrogens is 598 g/mol. The van der Waals surface area contributed by atoms with Crippen LogP contribution in [0.15, 0.2) is 78.0 Å². The number of aromatic nitrogens is 4. The number of phenolic OH excluding ortho intramolecular Hbond substituents is 1. The van der Waals surface area contributed by atoms with Gasteiger partial charge in [-0.25, -0.2) is 4.68 Å². The fraction of sp³-hybridized carbons (Fsp3) is 0.194. The molecule has 13 nitrogen and oxygen atoms in total. The lowest BCUT2D eigenvalue weighted by molar-refractivity contribution is -0.384. The van der Waals surface area contributed by atoms with Crippen molar-refractivity contribution in [2.24, 2.45) is 7.05 Å². The fourth-order valence-electron chi connectivity index (χ4n) is 4.59. The number of non-ortho nitro benzene ring substituents is 1. The number of para-hydroxylation sites is 1. The third-order valence-electron chi connectivity index (χ3n) is 7.05. The van der Waals surface area contributed by atoms with Crippen LogP contribution in [0.5, 0.6) is 17.2 Å². The van der Waals surface area contributed by atoms with E-state index in [1.165, 1.54) is 33.8 Å². The van der Waals surface area contributed by atoms with Crippen molar-refractivity contribution in [3.63, 3.8) is 0 Å². The molecule has 0 spiro atoms. The summed E-state index contributed by atoms with van der Waals surface area (Å²) < 4.78 is 7.73. The molecule has 14 heteroatoms. The van der Waals surface area contributed by atoms with Gasteiger partial charge in [0.15, 0.2) is 0 Å². The van der Waals surface area contributed by atoms with Crippen molar-refractivity contribution in [1.82, 2.24) is 25.1 Å². The Morgan fingerprint density at radius 2 is 1.78 bits per heavy atom. The van der Waals surface area contributed by atoms with Gasteiger partial charge in [-0.05, 0) is 55.0 Å². The van der Waals surface area contributed by atoms with E-state index >= 15 is 0 Å². The van der Waals surface area contributed by atoms with E-state index in [1.807, 2.05) is 32.9 Å². The number of anilines is 1. The number of aryl methyl sites for hydroxylation is 2. The predicted octanol–water partition coefficient (Wildman–Crippen LogP) is 6.45. The van der Waals surface area contributed by atoms with Gasteiger partial charge in [-0.2, -0.15) is 0 Å². The summed E-state index contributed by atoms with van der Waals surface area (Å²) in [5.74, 6) is -0.311. The van der Waals surface area contributed by atoms with Crippen LogP contribution in [0.4, 0.5) is 16.2 Å². The normalized spacial score (nSPS) is 11.0. The first-order valence-electron chi connectivity index (χ1n) is 13.8. The van der Waals surface area contributed by atoms with E-state index in [-0.39, 0.29) is 51.5 Å². The fourth-order valence-corrected chi connectivity index (χ4v) is 5.39. The van der Waals surface area contributed by atoms with E-state index in [4.69, 9.17) is 4.74 Å². The van der Waals surface area contributed by atoms with Crippen LogP contribution in [0.25, 0.3) is 10.8 Å². The molecule has 2 amide bonds. The van der Waals surface area contributed by atoms with Crippen LogP contribution in [-0.2, 0) is 13.6 Å². The molecule has 0 bridgehead atoms. The van der Waals surface area contributed by atoms with Gasteiger partial charge in [0.1, 0.15) is 17.2 Å². The highest BCUT2D eigenvalue weighted by Crippen LogP contribution is 2.40. The number of nitro benzene ring substituents is 1. The van der Waals surface area contributed by atoms with Gasteiger partial charge in [-0.3, -0.25) is 19.7 Å². The van der Waals surface area contributed by atoms with Crippen LogP contribution < -0.4 is 10.1 Å². The molecule has 2 N–H and O–H groups in total. The number of hydrogen-bond acceptors (Lipinski definition) is 10. The molecule has 230 valence electrons. The SMILES string of the molecule is Cc1ccccc1NC(=O)c1cc(Oc2ccc([N+](=O)[O-])cc2CN(C(=O)Sc2nnnn2C)C(C)C)c2ccccc2c1O. The average molecular weight is 628 g/mol. The van der Waals surface area contributed by atoms with Gasteiger partial charge in [0.05, 0.1) is 17.0 Å². The number of carbonyl (C=O) groups is 2. The lowest BCUT2D eigenvalue weighted by atomic mass is 10.0. The molecule has 0 atom stereocenters.